The lowest BCUT2D eigenvalue weighted by Crippen LogP contribution is -2.49. The third kappa shape index (κ3) is 3.75. The molecule has 1 aliphatic heterocycles. The Bertz CT molecular complexity index is 427. The van der Waals surface area contributed by atoms with E-state index in [1.165, 1.54) is 17.8 Å². The molecule has 106 valence electrons. The number of hydrogen-bond donors (Lipinski definition) is 1. The normalized spacial score (nSPS) is 19.5. The summed E-state index contributed by atoms with van der Waals surface area (Å²) >= 11 is 1.21. The second-order valence-corrected chi connectivity index (χ2v) is 5.88. The Hall–Kier alpha value is -0.980. The molecule has 1 N–H and O–H groups in total. The van der Waals surface area contributed by atoms with E-state index in [2.05, 4.69) is 28.6 Å². The number of carboxylic acids is 1. The van der Waals surface area contributed by atoms with Gasteiger partial charge in [-0.25, -0.2) is 9.78 Å². The molecule has 1 aliphatic rings. The van der Waals surface area contributed by atoms with E-state index in [1.807, 2.05) is 5.38 Å². The van der Waals surface area contributed by atoms with Crippen LogP contribution < -0.4 is 0 Å². The summed E-state index contributed by atoms with van der Waals surface area (Å²) < 4.78 is 0. The van der Waals surface area contributed by atoms with Crippen LogP contribution in [0.1, 0.15) is 35.8 Å². The number of hydrogen-bond acceptors (Lipinski definition) is 5. The predicted molar refractivity (Wildman–Crippen MR) is 75.7 cm³/mol. The van der Waals surface area contributed by atoms with E-state index < -0.39 is 5.97 Å². The van der Waals surface area contributed by atoms with Crippen molar-refractivity contribution >= 4 is 17.3 Å². The van der Waals surface area contributed by atoms with Crippen molar-refractivity contribution in [3.8, 4) is 0 Å². The van der Waals surface area contributed by atoms with Gasteiger partial charge in [-0.15, -0.1) is 11.3 Å². The van der Waals surface area contributed by atoms with Crippen LogP contribution in [-0.2, 0) is 6.54 Å². The average molecular weight is 283 g/mol. The highest BCUT2D eigenvalue weighted by atomic mass is 32.1. The first kappa shape index (κ1) is 14.4. The number of nitrogens with zero attached hydrogens (tertiary/aromatic N) is 3. The fraction of sp³-hybridized carbons (Fsp3) is 0.692. The fourth-order valence-electron chi connectivity index (χ4n) is 2.33. The van der Waals surface area contributed by atoms with Crippen molar-refractivity contribution in [2.45, 2.75) is 32.9 Å². The molecule has 6 heteroatoms. The smallest absolute Gasteiger partial charge is 0.365 e. The largest absolute Gasteiger partial charge is 0.476 e. The van der Waals surface area contributed by atoms with Crippen molar-refractivity contribution in [3.63, 3.8) is 0 Å². The molecule has 5 nitrogen and oxygen atoms in total. The van der Waals surface area contributed by atoms with Gasteiger partial charge >= 0.3 is 5.97 Å². The van der Waals surface area contributed by atoms with Crippen molar-refractivity contribution in [2.75, 3.05) is 26.2 Å². The zero-order chi connectivity index (χ0) is 13.8. The van der Waals surface area contributed by atoms with Crippen LogP contribution in [0.15, 0.2) is 5.38 Å². The van der Waals surface area contributed by atoms with Crippen molar-refractivity contribution < 1.29 is 9.90 Å². The molecule has 1 atom stereocenters. The molecule has 0 aliphatic carbocycles. The van der Waals surface area contributed by atoms with E-state index in [-0.39, 0.29) is 5.01 Å². The van der Waals surface area contributed by atoms with Crippen molar-refractivity contribution in [1.82, 2.24) is 14.8 Å². The minimum atomic E-state index is -0.933. The van der Waals surface area contributed by atoms with Gasteiger partial charge in [0.05, 0.1) is 5.69 Å². The highest BCUT2D eigenvalue weighted by Crippen LogP contribution is 2.14. The number of carbonyl (C=O) groups is 1. The molecule has 1 fully saturated rings. The van der Waals surface area contributed by atoms with Gasteiger partial charge in [-0.3, -0.25) is 9.80 Å². The molecule has 2 heterocycles. The number of aromatic nitrogens is 1. The van der Waals surface area contributed by atoms with Crippen LogP contribution in [0, 0.1) is 0 Å². The second kappa shape index (κ2) is 6.45. The maximum Gasteiger partial charge on any atom is 0.365 e. The van der Waals surface area contributed by atoms with E-state index >= 15 is 0 Å². The van der Waals surface area contributed by atoms with Gasteiger partial charge in [0.15, 0.2) is 0 Å². The maximum atomic E-state index is 10.8. The van der Waals surface area contributed by atoms with Crippen LogP contribution in [0.4, 0.5) is 0 Å². The van der Waals surface area contributed by atoms with Crippen LogP contribution in [-0.4, -0.2) is 58.1 Å². The molecule has 1 saturated heterocycles. The molecule has 2 rings (SSSR count). The Labute approximate surface area is 117 Å². The molecule has 1 aromatic rings. The standard InChI is InChI=1S/C13H21N3O2S/c1-3-10(2)16-6-4-15(5-7-16)8-11-9-19-12(14-11)13(17)18/h9-10H,3-8H2,1-2H3,(H,17,18). The zero-order valence-electron chi connectivity index (χ0n) is 11.5. The number of piperazine rings is 1. The lowest BCUT2D eigenvalue weighted by Gasteiger charge is -2.37. The SMILES string of the molecule is CCC(C)N1CCN(Cc2csc(C(=O)O)n2)CC1. The van der Waals surface area contributed by atoms with Gasteiger partial charge in [0.2, 0.25) is 5.01 Å². The number of aromatic carboxylic acids is 1. The fourth-order valence-corrected chi connectivity index (χ4v) is 2.97. The summed E-state index contributed by atoms with van der Waals surface area (Å²) in [6.45, 7) is 9.50. The molecule has 0 bridgehead atoms. The number of rotatable bonds is 5. The van der Waals surface area contributed by atoms with E-state index in [0.717, 1.165) is 38.4 Å². The summed E-state index contributed by atoms with van der Waals surface area (Å²) in [7, 11) is 0. The van der Waals surface area contributed by atoms with E-state index in [9.17, 15) is 4.79 Å². The maximum absolute atomic E-state index is 10.8. The summed E-state index contributed by atoms with van der Waals surface area (Å²) in [6.07, 6.45) is 1.19. The molecule has 19 heavy (non-hydrogen) atoms. The van der Waals surface area contributed by atoms with Gasteiger partial charge in [0.1, 0.15) is 0 Å². The third-order valence-electron chi connectivity index (χ3n) is 3.74. The van der Waals surface area contributed by atoms with E-state index in [4.69, 9.17) is 5.11 Å². The average Bonchev–Trinajstić information content (AvgIpc) is 2.87. The van der Waals surface area contributed by atoms with Crippen LogP contribution in [0.2, 0.25) is 0 Å². The topological polar surface area (TPSA) is 56.7 Å². The van der Waals surface area contributed by atoms with Gasteiger partial charge in [-0.2, -0.15) is 0 Å². The molecule has 0 aromatic carbocycles. The Kier molecular flexibility index (Phi) is 4.90. The second-order valence-electron chi connectivity index (χ2n) is 5.02. The monoisotopic (exact) mass is 283 g/mol. The quantitative estimate of drug-likeness (QED) is 0.892. The summed E-state index contributed by atoms with van der Waals surface area (Å²) in [5, 5.41) is 10.9. The number of thiazole rings is 1. The molecular weight excluding hydrogens is 262 g/mol. The van der Waals surface area contributed by atoms with Crippen molar-refractivity contribution in [1.29, 1.82) is 0 Å². The van der Waals surface area contributed by atoms with Gasteiger partial charge < -0.3 is 5.11 Å². The highest BCUT2D eigenvalue weighted by Gasteiger charge is 2.21. The van der Waals surface area contributed by atoms with Crippen molar-refractivity contribution in [3.05, 3.63) is 16.1 Å². The minimum Gasteiger partial charge on any atom is -0.476 e. The van der Waals surface area contributed by atoms with Gasteiger partial charge in [0.25, 0.3) is 0 Å². The van der Waals surface area contributed by atoms with Crippen LogP contribution >= 0.6 is 11.3 Å². The lowest BCUT2D eigenvalue weighted by molar-refractivity contribution is 0.0695. The van der Waals surface area contributed by atoms with Crippen LogP contribution in [0.5, 0.6) is 0 Å². The van der Waals surface area contributed by atoms with Gasteiger partial charge in [-0.05, 0) is 13.3 Å². The molecule has 0 spiro atoms. The summed E-state index contributed by atoms with van der Waals surface area (Å²) in [5.74, 6) is -0.933. The van der Waals surface area contributed by atoms with Gasteiger partial charge in [-0.1, -0.05) is 6.92 Å². The minimum absolute atomic E-state index is 0.188. The Morgan fingerprint density at radius 2 is 2.16 bits per heavy atom. The predicted octanol–water partition coefficient (Wildman–Crippen LogP) is 1.76. The molecule has 0 saturated carbocycles. The zero-order valence-corrected chi connectivity index (χ0v) is 12.3. The van der Waals surface area contributed by atoms with Gasteiger partial charge in [0, 0.05) is 44.1 Å². The van der Waals surface area contributed by atoms with E-state index in [0.29, 0.717) is 6.04 Å². The summed E-state index contributed by atoms with van der Waals surface area (Å²) in [4.78, 5) is 19.8. The molecule has 1 unspecified atom stereocenters. The summed E-state index contributed by atoms with van der Waals surface area (Å²) in [5.41, 5.74) is 0.874. The van der Waals surface area contributed by atoms with Crippen molar-refractivity contribution in [2.24, 2.45) is 0 Å². The van der Waals surface area contributed by atoms with Crippen LogP contribution in [0.25, 0.3) is 0 Å². The molecular formula is C13H21N3O2S. The molecule has 0 amide bonds. The first-order chi connectivity index (χ1) is 9.10. The molecule has 0 radical (unpaired) electrons. The number of carboxylic acid groups (broad SMARTS) is 1. The first-order valence-corrected chi connectivity index (χ1v) is 7.62. The Morgan fingerprint density at radius 1 is 1.47 bits per heavy atom. The highest BCUT2D eigenvalue weighted by molar-refractivity contribution is 7.11. The molecule has 1 aromatic heterocycles. The Balaban J connectivity index is 1.83. The third-order valence-corrected chi connectivity index (χ3v) is 4.62. The summed E-state index contributed by atoms with van der Waals surface area (Å²) in [6, 6.07) is 0.653. The lowest BCUT2D eigenvalue weighted by atomic mass is 10.2. The van der Waals surface area contributed by atoms with Crippen LogP contribution in [0.3, 0.4) is 0 Å². The first-order valence-electron chi connectivity index (χ1n) is 6.74. The van der Waals surface area contributed by atoms with E-state index in [1.54, 1.807) is 0 Å². The Morgan fingerprint density at radius 3 is 2.68 bits per heavy atom.